The molecule has 1 amide bonds. The fraction of sp³-hybridized carbons (Fsp3) is 0.154. The summed E-state index contributed by atoms with van der Waals surface area (Å²) in [5.41, 5.74) is 2.80. The quantitative estimate of drug-likeness (QED) is 0.279. The van der Waals surface area contributed by atoms with Crippen LogP contribution in [0.4, 0.5) is 5.69 Å². The molecule has 1 heterocycles. The number of aryl methyl sites for hydroxylation is 1. The molecule has 1 atom stereocenters. The zero-order valence-electron chi connectivity index (χ0n) is 17.7. The lowest BCUT2D eigenvalue weighted by atomic mass is 9.95. The number of carbonyl (C=O) groups excluding carboxylic acids is 2. The first-order valence-corrected chi connectivity index (χ1v) is 11.1. The molecule has 3 aromatic carbocycles. The van der Waals surface area contributed by atoms with Gasteiger partial charge in [-0.25, -0.2) is 0 Å². The maximum absolute atomic E-state index is 13.2. The molecule has 162 valence electrons. The standard InChI is InChI=1S/C26H22BrNO4/c1-3-32-20-13-10-17(11-14-20)23-22(24(29)18-7-5-4-6-8-18)25(30)26(31)28(23)19-12-9-16(2)21(27)15-19/h4-15,23,29H,3H2,1-2H3. The predicted octanol–water partition coefficient (Wildman–Crippen LogP) is 5.78. The van der Waals surface area contributed by atoms with E-state index in [0.717, 1.165) is 10.0 Å². The second kappa shape index (κ2) is 9.01. The number of rotatable bonds is 5. The van der Waals surface area contributed by atoms with Crippen molar-refractivity contribution in [3.05, 3.63) is 99.5 Å². The van der Waals surface area contributed by atoms with Crippen LogP contribution in [0.3, 0.4) is 0 Å². The van der Waals surface area contributed by atoms with E-state index in [0.29, 0.717) is 29.2 Å². The molecule has 0 bridgehead atoms. The van der Waals surface area contributed by atoms with Crippen molar-refractivity contribution < 1.29 is 19.4 Å². The van der Waals surface area contributed by atoms with E-state index in [-0.39, 0.29) is 11.3 Å². The van der Waals surface area contributed by atoms with Crippen molar-refractivity contribution in [1.29, 1.82) is 0 Å². The molecule has 5 nitrogen and oxygen atoms in total. The minimum atomic E-state index is -0.777. The second-order valence-electron chi connectivity index (χ2n) is 7.47. The summed E-state index contributed by atoms with van der Waals surface area (Å²) in [5, 5.41) is 11.1. The number of ketones is 1. The van der Waals surface area contributed by atoms with Gasteiger partial charge in [0.15, 0.2) is 0 Å². The van der Waals surface area contributed by atoms with Gasteiger partial charge >= 0.3 is 0 Å². The molecule has 1 fully saturated rings. The number of Topliss-reactive ketones (excluding diaryl/α,β-unsaturated/α-hetero) is 1. The number of amides is 1. The molecule has 1 aliphatic rings. The molecular weight excluding hydrogens is 470 g/mol. The van der Waals surface area contributed by atoms with Crippen LogP contribution in [-0.2, 0) is 9.59 Å². The first-order valence-electron chi connectivity index (χ1n) is 10.3. The fourth-order valence-corrected chi connectivity index (χ4v) is 4.18. The first kappa shape index (κ1) is 21.8. The van der Waals surface area contributed by atoms with Gasteiger partial charge in [0.05, 0.1) is 18.2 Å². The summed E-state index contributed by atoms with van der Waals surface area (Å²) < 4.78 is 6.36. The summed E-state index contributed by atoms with van der Waals surface area (Å²) in [6.07, 6.45) is 0. The number of hydrogen-bond donors (Lipinski definition) is 1. The Labute approximate surface area is 195 Å². The average Bonchev–Trinajstić information content (AvgIpc) is 3.07. The molecule has 6 heteroatoms. The van der Waals surface area contributed by atoms with Crippen LogP contribution in [0.2, 0.25) is 0 Å². The minimum absolute atomic E-state index is 0.0575. The smallest absolute Gasteiger partial charge is 0.300 e. The first-order chi connectivity index (χ1) is 15.4. The molecule has 1 N–H and O–H groups in total. The average molecular weight is 492 g/mol. The molecule has 4 rings (SSSR count). The minimum Gasteiger partial charge on any atom is -0.507 e. The third kappa shape index (κ3) is 3.94. The topological polar surface area (TPSA) is 66.8 Å². The van der Waals surface area contributed by atoms with Crippen molar-refractivity contribution in [3.8, 4) is 5.75 Å². The number of carbonyl (C=O) groups is 2. The highest BCUT2D eigenvalue weighted by molar-refractivity contribution is 9.10. The molecule has 32 heavy (non-hydrogen) atoms. The van der Waals surface area contributed by atoms with Crippen molar-refractivity contribution in [1.82, 2.24) is 0 Å². The SMILES string of the molecule is CCOc1ccc(C2C(=C(O)c3ccccc3)C(=O)C(=O)N2c2ccc(C)c(Br)c2)cc1. The van der Waals surface area contributed by atoms with Crippen molar-refractivity contribution in [2.45, 2.75) is 19.9 Å². The van der Waals surface area contributed by atoms with E-state index in [9.17, 15) is 14.7 Å². The molecule has 0 radical (unpaired) electrons. The number of nitrogens with zero attached hydrogens (tertiary/aromatic N) is 1. The van der Waals surface area contributed by atoms with E-state index in [2.05, 4.69) is 15.9 Å². The zero-order valence-corrected chi connectivity index (χ0v) is 19.3. The molecule has 0 aromatic heterocycles. The normalized spacial score (nSPS) is 17.6. The summed E-state index contributed by atoms with van der Waals surface area (Å²) in [6, 6.07) is 20.7. The molecule has 1 saturated heterocycles. The van der Waals surface area contributed by atoms with E-state index in [4.69, 9.17) is 4.74 Å². The van der Waals surface area contributed by atoms with E-state index in [1.807, 2.05) is 44.2 Å². The van der Waals surface area contributed by atoms with Gasteiger partial charge in [-0.1, -0.05) is 64.5 Å². The number of halogens is 1. The Balaban J connectivity index is 1.91. The van der Waals surface area contributed by atoms with Gasteiger partial charge in [-0.2, -0.15) is 0 Å². The molecule has 0 aliphatic carbocycles. The van der Waals surface area contributed by atoms with Gasteiger partial charge in [-0.05, 0) is 49.2 Å². The third-order valence-corrected chi connectivity index (χ3v) is 6.29. The van der Waals surface area contributed by atoms with E-state index in [1.165, 1.54) is 4.90 Å². The van der Waals surface area contributed by atoms with Crippen molar-refractivity contribution in [2.75, 3.05) is 11.5 Å². The number of hydrogen-bond acceptors (Lipinski definition) is 4. The summed E-state index contributed by atoms with van der Waals surface area (Å²) >= 11 is 3.51. The van der Waals surface area contributed by atoms with Gasteiger partial charge in [0.2, 0.25) is 0 Å². The van der Waals surface area contributed by atoms with Gasteiger partial charge < -0.3 is 9.84 Å². The number of aliphatic hydroxyl groups excluding tert-OH is 1. The number of anilines is 1. The van der Waals surface area contributed by atoms with E-state index >= 15 is 0 Å². The van der Waals surface area contributed by atoms with Crippen LogP contribution in [0.1, 0.15) is 29.7 Å². The molecular formula is C26H22BrNO4. The van der Waals surface area contributed by atoms with Gasteiger partial charge in [0.25, 0.3) is 11.7 Å². The number of benzene rings is 3. The highest BCUT2D eigenvalue weighted by atomic mass is 79.9. The Hall–Kier alpha value is -3.38. The highest BCUT2D eigenvalue weighted by Crippen LogP contribution is 2.43. The molecule has 1 unspecified atom stereocenters. The van der Waals surface area contributed by atoms with Crippen molar-refractivity contribution >= 4 is 39.1 Å². The summed E-state index contributed by atoms with van der Waals surface area (Å²) in [7, 11) is 0. The number of ether oxygens (including phenoxy) is 1. The summed E-state index contributed by atoms with van der Waals surface area (Å²) in [4.78, 5) is 27.8. The van der Waals surface area contributed by atoms with E-state index in [1.54, 1.807) is 42.5 Å². The summed E-state index contributed by atoms with van der Waals surface area (Å²) in [6.45, 7) is 4.38. The van der Waals surface area contributed by atoms with Crippen molar-refractivity contribution in [2.24, 2.45) is 0 Å². The lowest BCUT2D eigenvalue weighted by Gasteiger charge is -2.26. The van der Waals surface area contributed by atoms with Crippen LogP contribution in [0.15, 0.2) is 82.8 Å². The second-order valence-corrected chi connectivity index (χ2v) is 8.32. The van der Waals surface area contributed by atoms with Crippen LogP contribution < -0.4 is 9.64 Å². The Morgan fingerprint density at radius 3 is 2.34 bits per heavy atom. The van der Waals surface area contributed by atoms with Gasteiger partial charge in [-0.15, -0.1) is 0 Å². The molecule has 0 spiro atoms. The summed E-state index contributed by atoms with van der Waals surface area (Å²) in [5.74, 6) is -0.912. The zero-order chi connectivity index (χ0) is 22.8. The maximum Gasteiger partial charge on any atom is 0.300 e. The monoisotopic (exact) mass is 491 g/mol. The number of aliphatic hydroxyl groups is 1. The van der Waals surface area contributed by atoms with Crippen LogP contribution in [0.5, 0.6) is 5.75 Å². The van der Waals surface area contributed by atoms with Gasteiger partial charge in [0.1, 0.15) is 11.5 Å². The third-order valence-electron chi connectivity index (χ3n) is 5.43. The maximum atomic E-state index is 13.2. The van der Waals surface area contributed by atoms with Crippen LogP contribution in [0, 0.1) is 6.92 Å². The van der Waals surface area contributed by atoms with Crippen LogP contribution in [-0.4, -0.2) is 23.4 Å². The van der Waals surface area contributed by atoms with Crippen LogP contribution >= 0.6 is 15.9 Å². The van der Waals surface area contributed by atoms with Gasteiger partial charge in [0, 0.05) is 15.7 Å². The Morgan fingerprint density at radius 2 is 1.72 bits per heavy atom. The lowest BCUT2D eigenvalue weighted by Crippen LogP contribution is -2.29. The van der Waals surface area contributed by atoms with E-state index < -0.39 is 17.7 Å². The van der Waals surface area contributed by atoms with Crippen molar-refractivity contribution in [3.63, 3.8) is 0 Å². The fourth-order valence-electron chi connectivity index (χ4n) is 3.81. The van der Waals surface area contributed by atoms with Crippen LogP contribution in [0.25, 0.3) is 5.76 Å². The van der Waals surface area contributed by atoms with Gasteiger partial charge in [-0.3, -0.25) is 14.5 Å². The Bertz CT molecular complexity index is 1200. The molecule has 0 saturated carbocycles. The predicted molar refractivity (Wildman–Crippen MR) is 128 cm³/mol. The molecule has 3 aromatic rings. The lowest BCUT2D eigenvalue weighted by molar-refractivity contribution is -0.132. The Morgan fingerprint density at radius 1 is 1.03 bits per heavy atom. The Kier molecular flexibility index (Phi) is 6.15. The highest BCUT2D eigenvalue weighted by Gasteiger charge is 2.47. The largest absolute Gasteiger partial charge is 0.507 e. The molecule has 1 aliphatic heterocycles.